The maximum absolute atomic E-state index is 12.3. The van der Waals surface area contributed by atoms with Crippen molar-refractivity contribution in [3.63, 3.8) is 0 Å². The number of anilines is 2. The first-order valence-electron chi connectivity index (χ1n) is 8.12. The Labute approximate surface area is 153 Å². The molecular formula is C18H16N4O3S. The highest BCUT2D eigenvalue weighted by molar-refractivity contribution is 7.13. The van der Waals surface area contributed by atoms with Gasteiger partial charge in [-0.1, -0.05) is 6.07 Å². The van der Waals surface area contributed by atoms with Gasteiger partial charge in [0.1, 0.15) is 0 Å². The molecule has 1 aromatic carbocycles. The first-order chi connectivity index (χ1) is 12.7. The fraction of sp³-hybridized carbons (Fsp3) is 0.167. The molecule has 0 bridgehead atoms. The van der Waals surface area contributed by atoms with Gasteiger partial charge in [-0.15, -0.1) is 11.3 Å². The molecule has 2 aromatic heterocycles. The van der Waals surface area contributed by atoms with Gasteiger partial charge in [0.05, 0.1) is 18.4 Å². The number of benzene rings is 1. The minimum Gasteiger partial charge on any atom is -0.462 e. The van der Waals surface area contributed by atoms with E-state index in [9.17, 15) is 9.59 Å². The van der Waals surface area contributed by atoms with Crippen LogP contribution in [0, 0.1) is 0 Å². The molecule has 0 spiro atoms. The fourth-order valence-corrected chi connectivity index (χ4v) is 3.53. The average Bonchev–Trinajstić information content (AvgIpc) is 3.35. The van der Waals surface area contributed by atoms with Crippen molar-refractivity contribution in [3.05, 3.63) is 53.7 Å². The van der Waals surface area contributed by atoms with E-state index < -0.39 is 0 Å². The van der Waals surface area contributed by atoms with Crippen molar-refractivity contribution >= 4 is 34.6 Å². The van der Waals surface area contributed by atoms with Gasteiger partial charge < -0.3 is 15.1 Å². The van der Waals surface area contributed by atoms with Crippen molar-refractivity contribution < 1.29 is 14.0 Å². The van der Waals surface area contributed by atoms with E-state index in [2.05, 4.69) is 15.6 Å². The topological polar surface area (TPSA) is 87.5 Å². The van der Waals surface area contributed by atoms with Crippen LogP contribution in [-0.4, -0.2) is 30.0 Å². The zero-order chi connectivity index (χ0) is 17.9. The molecule has 2 N–H and O–H groups in total. The second kappa shape index (κ2) is 7.01. The Kier molecular flexibility index (Phi) is 4.40. The third-order valence-corrected chi connectivity index (χ3v) is 4.83. The molecule has 7 nitrogen and oxygen atoms in total. The number of furan rings is 1. The number of urea groups is 1. The summed E-state index contributed by atoms with van der Waals surface area (Å²) in [6, 6.07) is 10.8. The molecule has 132 valence electrons. The highest BCUT2D eigenvalue weighted by Crippen LogP contribution is 2.25. The number of aromatic nitrogens is 1. The largest absolute Gasteiger partial charge is 0.462 e. The Morgan fingerprint density at radius 3 is 3.04 bits per heavy atom. The monoisotopic (exact) mass is 368 g/mol. The van der Waals surface area contributed by atoms with E-state index >= 15 is 0 Å². The molecule has 4 rings (SSSR count). The fourth-order valence-electron chi connectivity index (χ4n) is 2.74. The third-order valence-electron chi connectivity index (χ3n) is 3.92. The van der Waals surface area contributed by atoms with Crippen LogP contribution in [0.15, 0.2) is 52.5 Å². The van der Waals surface area contributed by atoms with E-state index in [1.165, 1.54) is 11.3 Å². The lowest BCUT2D eigenvalue weighted by Gasteiger charge is -2.15. The van der Waals surface area contributed by atoms with Crippen molar-refractivity contribution in [2.45, 2.75) is 6.42 Å². The van der Waals surface area contributed by atoms with Gasteiger partial charge in [-0.2, -0.15) is 0 Å². The summed E-state index contributed by atoms with van der Waals surface area (Å²) in [7, 11) is 0. The SMILES string of the molecule is O=C(Cc1csc(-c2ccco2)n1)Nc1cccc(N2CCNC2=O)c1. The van der Waals surface area contributed by atoms with Crippen LogP contribution in [0.3, 0.4) is 0 Å². The standard InChI is InChI=1S/C18H16N4O3S/c23-16(10-13-11-26-17(21-13)15-5-2-8-25-15)20-12-3-1-4-14(9-12)22-7-6-19-18(22)24/h1-5,8-9,11H,6-7,10H2,(H,19,24)(H,20,23). The summed E-state index contributed by atoms with van der Waals surface area (Å²) in [4.78, 5) is 30.1. The maximum atomic E-state index is 12.3. The normalized spacial score (nSPS) is 13.7. The predicted octanol–water partition coefficient (Wildman–Crippen LogP) is 3.11. The number of nitrogens with zero attached hydrogens (tertiary/aromatic N) is 2. The van der Waals surface area contributed by atoms with Crippen LogP contribution in [0.5, 0.6) is 0 Å². The Morgan fingerprint density at radius 2 is 2.27 bits per heavy atom. The Morgan fingerprint density at radius 1 is 1.35 bits per heavy atom. The zero-order valence-corrected chi connectivity index (χ0v) is 14.6. The predicted molar refractivity (Wildman–Crippen MR) is 99.3 cm³/mol. The van der Waals surface area contributed by atoms with E-state index in [1.54, 1.807) is 29.4 Å². The van der Waals surface area contributed by atoms with E-state index in [1.807, 2.05) is 23.6 Å². The number of rotatable bonds is 5. The van der Waals surface area contributed by atoms with Crippen molar-refractivity contribution in [1.82, 2.24) is 10.3 Å². The molecule has 3 aromatic rings. The van der Waals surface area contributed by atoms with Gasteiger partial charge in [0.2, 0.25) is 5.91 Å². The third kappa shape index (κ3) is 3.45. The van der Waals surface area contributed by atoms with E-state index in [0.29, 0.717) is 30.2 Å². The Bertz CT molecular complexity index is 936. The van der Waals surface area contributed by atoms with Crippen LogP contribution in [0.25, 0.3) is 10.8 Å². The molecule has 0 atom stereocenters. The van der Waals surface area contributed by atoms with Gasteiger partial charge in [0, 0.05) is 29.8 Å². The molecule has 1 aliphatic rings. The van der Waals surface area contributed by atoms with Crippen LogP contribution in [0.1, 0.15) is 5.69 Å². The van der Waals surface area contributed by atoms with Gasteiger partial charge in [0.15, 0.2) is 10.8 Å². The summed E-state index contributed by atoms with van der Waals surface area (Å²) in [6.45, 7) is 1.24. The van der Waals surface area contributed by atoms with Gasteiger partial charge in [-0.05, 0) is 30.3 Å². The summed E-state index contributed by atoms with van der Waals surface area (Å²) in [5.41, 5.74) is 2.09. The summed E-state index contributed by atoms with van der Waals surface area (Å²) < 4.78 is 5.31. The number of amides is 3. The number of thiazole rings is 1. The van der Waals surface area contributed by atoms with Gasteiger partial charge in [-0.3, -0.25) is 9.69 Å². The molecule has 1 fully saturated rings. The maximum Gasteiger partial charge on any atom is 0.321 e. The van der Waals surface area contributed by atoms with Gasteiger partial charge in [0.25, 0.3) is 0 Å². The Hall–Kier alpha value is -3.13. The lowest BCUT2D eigenvalue weighted by atomic mass is 10.2. The lowest BCUT2D eigenvalue weighted by Crippen LogP contribution is -2.27. The molecule has 8 heteroatoms. The summed E-state index contributed by atoms with van der Waals surface area (Å²) >= 11 is 1.44. The lowest BCUT2D eigenvalue weighted by molar-refractivity contribution is -0.115. The second-order valence-electron chi connectivity index (χ2n) is 5.78. The molecule has 26 heavy (non-hydrogen) atoms. The van der Waals surface area contributed by atoms with Crippen molar-refractivity contribution in [2.75, 3.05) is 23.3 Å². The van der Waals surface area contributed by atoms with Crippen LogP contribution >= 0.6 is 11.3 Å². The molecule has 3 amide bonds. The van der Waals surface area contributed by atoms with Crippen molar-refractivity contribution in [1.29, 1.82) is 0 Å². The van der Waals surface area contributed by atoms with Crippen LogP contribution in [-0.2, 0) is 11.2 Å². The molecule has 0 aliphatic carbocycles. The van der Waals surface area contributed by atoms with Crippen molar-refractivity contribution in [3.8, 4) is 10.8 Å². The van der Waals surface area contributed by atoms with Crippen LogP contribution < -0.4 is 15.5 Å². The molecule has 1 aliphatic heterocycles. The second-order valence-corrected chi connectivity index (χ2v) is 6.64. The minimum absolute atomic E-state index is 0.124. The summed E-state index contributed by atoms with van der Waals surface area (Å²) in [5.74, 6) is 0.530. The number of nitrogens with one attached hydrogen (secondary N) is 2. The highest BCUT2D eigenvalue weighted by Gasteiger charge is 2.21. The van der Waals surface area contributed by atoms with Crippen LogP contribution in [0.2, 0.25) is 0 Å². The number of carbonyl (C=O) groups is 2. The van der Waals surface area contributed by atoms with E-state index in [0.717, 1.165) is 10.7 Å². The van der Waals surface area contributed by atoms with Gasteiger partial charge >= 0.3 is 6.03 Å². The van der Waals surface area contributed by atoms with Crippen molar-refractivity contribution in [2.24, 2.45) is 0 Å². The first-order valence-corrected chi connectivity index (χ1v) is 9.00. The molecule has 0 unspecified atom stereocenters. The average molecular weight is 368 g/mol. The highest BCUT2D eigenvalue weighted by atomic mass is 32.1. The summed E-state index contributed by atoms with van der Waals surface area (Å²) in [5, 5.41) is 8.22. The minimum atomic E-state index is -0.163. The smallest absolute Gasteiger partial charge is 0.321 e. The molecule has 3 heterocycles. The molecular weight excluding hydrogens is 352 g/mol. The number of hydrogen-bond acceptors (Lipinski definition) is 5. The molecule has 0 radical (unpaired) electrons. The quantitative estimate of drug-likeness (QED) is 0.724. The van der Waals surface area contributed by atoms with E-state index in [-0.39, 0.29) is 18.4 Å². The Balaban J connectivity index is 1.41. The van der Waals surface area contributed by atoms with Gasteiger partial charge in [-0.25, -0.2) is 9.78 Å². The molecule has 1 saturated heterocycles. The molecule has 0 saturated carbocycles. The zero-order valence-electron chi connectivity index (χ0n) is 13.8. The van der Waals surface area contributed by atoms with Crippen LogP contribution in [0.4, 0.5) is 16.2 Å². The number of carbonyl (C=O) groups excluding carboxylic acids is 2. The number of hydrogen-bond donors (Lipinski definition) is 2. The van der Waals surface area contributed by atoms with E-state index in [4.69, 9.17) is 4.42 Å². The first kappa shape index (κ1) is 16.3. The summed E-state index contributed by atoms with van der Waals surface area (Å²) in [6.07, 6.45) is 1.77.